The Hall–Kier alpha value is -3.32. The number of amides is 4. The zero-order valence-electron chi connectivity index (χ0n) is 21.2. The van der Waals surface area contributed by atoms with Gasteiger partial charge in [-0.25, -0.2) is 4.79 Å². The van der Waals surface area contributed by atoms with E-state index in [2.05, 4.69) is 16.0 Å². The Kier molecular flexibility index (Phi) is 13.5. The Morgan fingerprint density at radius 3 is 2.05 bits per heavy atom. The van der Waals surface area contributed by atoms with Crippen molar-refractivity contribution in [3.8, 4) is 5.75 Å². The topological polar surface area (TPSA) is 214 Å². The molecule has 0 saturated carbocycles. The van der Waals surface area contributed by atoms with E-state index >= 15 is 0 Å². The molecule has 0 heterocycles. The lowest BCUT2D eigenvalue weighted by molar-refractivity contribution is -0.144. The number of carboxylic acid groups (broad SMARTS) is 1. The quantitative estimate of drug-likeness (QED) is 0.144. The van der Waals surface area contributed by atoms with Crippen LogP contribution in [0.1, 0.15) is 38.7 Å². The molecule has 0 aliphatic heterocycles. The lowest BCUT2D eigenvalue weighted by atomic mass is 9.98. The van der Waals surface area contributed by atoms with E-state index in [1.807, 2.05) is 6.26 Å². The SMILES string of the molecule is CCC(C)C(NC(=O)C(CC(N)=O)NC(=O)C(CCSC)NC(=O)C(N)Cc1ccc(O)cc1)C(=O)O. The highest BCUT2D eigenvalue weighted by Gasteiger charge is 2.32. The molecule has 0 aliphatic rings. The van der Waals surface area contributed by atoms with E-state index in [-0.39, 0.29) is 18.6 Å². The first-order valence-electron chi connectivity index (χ1n) is 11.8. The van der Waals surface area contributed by atoms with Crippen molar-refractivity contribution < 1.29 is 34.2 Å². The van der Waals surface area contributed by atoms with Gasteiger partial charge in [0.25, 0.3) is 0 Å². The van der Waals surface area contributed by atoms with Crippen LogP contribution in [0.25, 0.3) is 0 Å². The predicted molar refractivity (Wildman–Crippen MR) is 139 cm³/mol. The van der Waals surface area contributed by atoms with Gasteiger partial charge in [-0.2, -0.15) is 11.8 Å². The number of phenolic OH excluding ortho intramolecular Hbond substituents is 1. The van der Waals surface area contributed by atoms with E-state index in [1.165, 1.54) is 23.9 Å². The normalized spacial score (nSPS) is 14.9. The number of carbonyl (C=O) groups excluding carboxylic acids is 4. The van der Waals surface area contributed by atoms with Crippen LogP contribution in [0.3, 0.4) is 0 Å². The van der Waals surface area contributed by atoms with Gasteiger partial charge in [0.15, 0.2) is 0 Å². The molecule has 13 heteroatoms. The third-order valence-corrected chi connectivity index (χ3v) is 6.43. The highest BCUT2D eigenvalue weighted by molar-refractivity contribution is 7.98. The van der Waals surface area contributed by atoms with Gasteiger partial charge in [0.05, 0.1) is 12.5 Å². The number of carboxylic acids is 1. The molecule has 37 heavy (non-hydrogen) atoms. The molecule has 0 radical (unpaired) electrons. The van der Waals surface area contributed by atoms with Crippen molar-refractivity contribution in [1.29, 1.82) is 0 Å². The fraction of sp³-hybridized carbons (Fsp3) is 0.542. The molecule has 0 aliphatic carbocycles. The minimum Gasteiger partial charge on any atom is -0.508 e. The van der Waals surface area contributed by atoms with Gasteiger partial charge in [0, 0.05) is 0 Å². The van der Waals surface area contributed by atoms with Gasteiger partial charge in [-0.05, 0) is 48.5 Å². The standard InChI is InChI=1S/C24H37N5O7S/c1-4-13(2)20(24(35)36)29-23(34)18(12-19(26)31)28-22(33)17(9-10-37-3)27-21(32)16(25)11-14-5-7-15(30)8-6-14/h5-8,13,16-18,20,30H,4,9-12,25H2,1-3H3,(H2,26,31)(H,27,32)(H,28,33)(H,29,34)(H,35,36). The number of carbonyl (C=O) groups is 5. The Bertz CT molecular complexity index is 944. The summed E-state index contributed by atoms with van der Waals surface area (Å²) >= 11 is 1.44. The number of rotatable bonds is 16. The number of thioether (sulfide) groups is 1. The number of benzene rings is 1. The smallest absolute Gasteiger partial charge is 0.326 e. The molecule has 0 aromatic heterocycles. The van der Waals surface area contributed by atoms with E-state index in [1.54, 1.807) is 26.0 Å². The molecule has 1 rings (SSSR count). The number of primary amides is 1. The summed E-state index contributed by atoms with van der Waals surface area (Å²) in [5.74, 6) is -4.19. The summed E-state index contributed by atoms with van der Waals surface area (Å²) in [6.07, 6.45) is 2.09. The summed E-state index contributed by atoms with van der Waals surface area (Å²) in [5.41, 5.74) is 12.0. The largest absolute Gasteiger partial charge is 0.508 e. The van der Waals surface area contributed by atoms with Crippen molar-refractivity contribution >= 4 is 41.4 Å². The molecule has 1 aromatic rings. The van der Waals surface area contributed by atoms with Gasteiger partial charge in [0.1, 0.15) is 23.9 Å². The molecule has 4 amide bonds. The molecule has 5 atom stereocenters. The summed E-state index contributed by atoms with van der Waals surface area (Å²) < 4.78 is 0. The lowest BCUT2D eigenvalue weighted by Crippen LogP contribution is -2.58. The molecular weight excluding hydrogens is 502 g/mol. The maximum absolute atomic E-state index is 13.1. The van der Waals surface area contributed by atoms with E-state index in [0.29, 0.717) is 17.7 Å². The number of aromatic hydroxyl groups is 1. The highest BCUT2D eigenvalue weighted by Crippen LogP contribution is 2.12. The number of hydrogen-bond acceptors (Lipinski definition) is 8. The molecule has 0 saturated heterocycles. The first-order chi connectivity index (χ1) is 17.4. The van der Waals surface area contributed by atoms with Gasteiger partial charge in [-0.1, -0.05) is 32.4 Å². The van der Waals surface area contributed by atoms with E-state index in [0.717, 1.165) is 0 Å². The van der Waals surface area contributed by atoms with Crippen LogP contribution >= 0.6 is 11.8 Å². The van der Waals surface area contributed by atoms with Gasteiger partial charge >= 0.3 is 5.97 Å². The molecule has 0 bridgehead atoms. The van der Waals surface area contributed by atoms with Crippen molar-refractivity contribution in [3.63, 3.8) is 0 Å². The second kappa shape index (κ2) is 15.7. The molecule has 9 N–H and O–H groups in total. The first kappa shape index (κ1) is 31.7. The lowest BCUT2D eigenvalue weighted by Gasteiger charge is -2.26. The van der Waals surface area contributed by atoms with Crippen LogP contribution in [0.15, 0.2) is 24.3 Å². The first-order valence-corrected chi connectivity index (χ1v) is 13.2. The summed E-state index contributed by atoms with van der Waals surface area (Å²) in [7, 11) is 0. The fourth-order valence-corrected chi connectivity index (χ4v) is 3.85. The van der Waals surface area contributed by atoms with Crippen LogP contribution in [0.5, 0.6) is 5.75 Å². The molecule has 206 valence electrons. The third kappa shape index (κ3) is 11.1. The maximum atomic E-state index is 13.1. The van der Waals surface area contributed by atoms with Gasteiger partial charge in [0.2, 0.25) is 23.6 Å². The molecule has 1 aromatic carbocycles. The summed E-state index contributed by atoms with van der Waals surface area (Å²) in [6.45, 7) is 3.41. The Morgan fingerprint density at radius 1 is 0.973 bits per heavy atom. The second-order valence-corrected chi connectivity index (χ2v) is 9.75. The fourth-order valence-electron chi connectivity index (χ4n) is 3.38. The Morgan fingerprint density at radius 2 is 1.54 bits per heavy atom. The summed E-state index contributed by atoms with van der Waals surface area (Å²) in [5, 5.41) is 26.2. The zero-order chi connectivity index (χ0) is 28.1. The third-order valence-electron chi connectivity index (χ3n) is 5.79. The van der Waals surface area contributed by atoms with Crippen molar-refractivity contribution in [2.45, 2.75) is 63.7 Å². The van der Waals surface area contributed by atoms with E-state index in [9.17, 15) is 34.2 Å². The highest BCUT2D eigenvalue weighted by atomic mass is 32.2. The number of nitrogens with one attached hydrogen (secondary N) is 3. The van der Waals surface area contributed by atoms with Crippen LogP contribution in [-0.2, 0) is 30.4 Å². The summed E-state index contributed by atoms with van der Waals surface area (Å²) in [6, 6.07) is 1.45. The number of aliphatic carboxylic acids is 1. The monoisotopic (exact) mass is 539 g/mol. The van der Waals surface area contributed by atoms with E-state index < -0.39 is 66.1 Å². The second-order valence-electron chi connectivity index (χ2n) is 8.76. The minimum absolute atomic E-state index is 0.0731. The minimum atomic E-state index is -1.43. The Labute approximate surface area is 220 Å². The summed E-state index contributed by atoms with van der Waals surface area (Å²) in [4.78, 5) is 61.8. The van der Waals surface area contributed by atoms with Crippen LogP contribution in [0.2, 0.25) is 0 Å². The van der Waals surface area contributed by atoms with Gasteiger partial charge in [-0.3, -0.25) is 19.2 Å². The average molecular weight is 540 g/mol. The Balaban J connectivity index is 2.97. The van der Waals surface area contributed by atoms with Crippen LogP contribution < -0.4 is 27.4 Å². The van der Waals surface area contributed by atoms with Crippen LogP contribution in [0.4, 0.5) is 0 Å². The maximum Gasteiger partial charge on any atom is 0.326 e. The van der Waals surface area contributed by atoms with Crippen molar-refractivity contribution in [2.75, 3.05) is 12.0 Å². The van der Waals surface area contributed by atoms with Crippen LogP contribution in [-0.4, -0.2) is 76.0 Å². The molecule has 0 spiro atoms. The molecule has 12 nitrogen and oxygen atoms in total. The van der Waals surface area contributed by atoms with Crippen molar-refractivity contribution in [2.24, 2.45) is 17.4 Å². The number of hydrogen-bond donors (Lipinski definition) is 7. The predicted octanol–water partition coefficient (Wildman–Crippen LogP) is -0.524. The van der Waals surface area contributed by atoms with Gasteiger partial charge in [-0.15, -0.1) is 0 Å². The number of phenols is 1. The van der Waals surface area contributed by atoms with Crippen molar-refractivity contribution in [1.82, 2.24) is 16.0 Å². The molecular formula is C24H37N5O7S. The van der Waals surface area contributed by atoms with Crippen LogP contribution in [0, 0.1) is 5.92 Å². The van der Waals surface area contributed by atoms with Gasteiger partial charge < -0.3 is 37.6 Å². The zero-order valence-corrected chi connectivity index (χ0v) is 22.0. The number of nitrogens with two attached hydrogens (primary N) is 2. The van der Waals surface area contributed by atoms with E-state index in [4.69, 9.17) is 11.5 Å². The molecule has 0 fully saturated rings. The average Bonchev–Trinajstić information content (AvgIpc) is 2.84. The molecule has 5 unspecified atom stereocenters. The van der Waals surface area contributed by atoms with Crippen molar-refractivity contribution in [3.05, 3.63) is 29.8 Å².